The summed E-state index contributed by atoms with van der Waals surface area (Å²) >= 11 is 3.19. The Balaban J connectivity index is 2.03. The minimum Gasteiger partial charge on any atom is -0.494 e. The second-order valence-corrected chi connectivity index (χ2v) is 6.79. The van der Waals surface area contributed by atoms with Crippen molar-refractivity contribution in [3.63, 3.8) is 0 Å². The summed E-state index contributed by atoms with van der Waals surface area (Å²) in [6, 6.07) is 7.40. The number of ether oxygens (including phenoxy) is 1. The molecule has 7 nitrogen and oxygen atoms in total. The standard InChI is InChI=1S/C13H14BrN3O4S/c1-2-21-10-3-5-11(6-4-10)22(19,20)17-16-13(18)12-7-9(14)8-15-12/h3-8,15,17H,2H2,1H3,(H,16,18). The van der Waals surface area contributed by atoms with E-state index in [9.17, 15) is 13.2 Å². The fraction of sp³-hybridized carbons (Fsp3) is 0.154. The molecule has 9 heteroatoms. The van der Waals surface area contributed by atoms with Gasteiger partial charge < -0.3 is 9.72 Å². The monoisotopic (exact) mass is 387 g/mol. The average Bonchev–Trinajstić information content (AvgIpc) is 2.92. The lowest BCUT2D eigenvalue weighted by Gasteiger charge is -2.08. The molecule has 0 fully saturated rings. The van der Waals surface area contributed by atoms with Crippen LogP contribution >= 0.6 is 15.9 Å². The van der Waals surface area contributed by atoms with E-state index >= 15 is 0 Å². The number of halogens is 1. The van der Waals surface area contributed by atoms with Crippen LogP contribution in [-0.4, -0.2) is 25.9 Å². The number of H-pyrrole nitrogens is 1. The zero-order chi connectivity index (χ0) is 16.2. The largest absolute Gasteiger partial charge is 0.494 e. The molecule has 0 radical (unpaired) electrons. The molecule has 0 unspecified atom stereocenters. The van der Waals surface area contributed by atoms with Gasteiger partial charge in [-0.3, -0.25) is 10.2 Å². The van der Waals surface area contributed by atoms with E-state index in [4.69, 9.17) is 4.74 Å². The molecule has 0 bridgehead atoms. The van der Waals surface area contributed by atoms with Gasteiger partial charge in [-0.25, -0.2) is 8.42 Å². The highest BCUT2D eigenvalue weighted by Gasteiger charge is 2.16. The first-order chi connectivity index (χ1) is 10.4. The Hall–Kier alpha value is -1.84. The van der Waals surface area contributed by atoms with Crippen LogP contribution in [0.5, 0.6) is 5.75 Å². The Morgan fingerprint density at radius 1 is 1.32 bits per heavy atom. The maximum absolute atomic E-state index is 12.1. The van der Waals surface area contributed by atoms with E-state index in [0.29, 0.717) is 16.8 Å². The zero-order valence-corrected chi connectivity index (χ0v) is 14.0. The van der Waals surface area contributed by atoms with Crippen molar-refractivity contribution in [3.05, 3.63) is 46.7 Å². The van der Waals surface area contributed by atoms with Gasteiger partial charge in [0.15, 0.2) is 0 Å². The van der Waals surface area contributed by atoms with E-state index in [1.807, 2.05) is 11.8 Å². The second kappa shape index (κ2) is 6.95. The molecule has 0 aliphatic heterocycles. The number of sulfonamides is 1. The van der Waals surface area contributed by atoms with Crippen LogP contribution in [0.15, 0.2) is 45.9 Å². The molecule has 1 amide bonds. The van der Waals surface area contributed by atoms with Gasteiger partial charge in [0.25, 0.3) is 15.9 Å². The Morgan fingerprint density at radius 2 is 2.00 bits per heavy atom. The van der Waals surface area contributed by atoms with Gasteiger partial charge in [-0.15, -0.1) is 4.83 Å². The maximum Gasteiger partial charge on any atom is 0.282 e. The topological polar surface area (TPSA) is 100 Å². The highest BCUT2D eigenvalue weighted by Crippen LogP contribution is 2.15. The fourth-order valence-corrected chi connectivity index (χ4v) is 2.80. The van der Waals surface area contributed by atoms with Crippen LogP contribution in [-0.2, 0) is 10.0 Å². The lowest BCUT2D eigenvalue weighted by Crippen LogP contribution is -2.41. The van der Waals surface area contributed by atoms with Crippen molar-refractivity contribution in [3.8, 4) is 5.75 Å². The summed E-state index contributed by atoms with van der Waals surface area (Å²) in [5.41, 5.74) is 2.35. The molecule has 0 aliphatic rings. The quantitative estimate of drug-likeness (QED) is 0.657. The first-order valence-electron chi connectivity index (χ1n) is 6.31. The van der Waals surface area contributed by atoms with Gasteiger partial charge in [-0.1, -0.05) is 0 Å². The molecule has 1 aromatic heterocycles. The number of nitrogens with one attached hydrogen (secondary N) is 3. The van der Waals surface area contributed by atoms with Crippen molar-refractivity contribution in [2.75, 3.05) is 6.61 Å². The number of benzene rings is 1. The summed E-state index contributed by atoms with van der Waals surface area (Å²) in [5, 5.41) is 0. The first-order valence-corrected chi connectivity index (χ1v) is 8.59. The highest BCUT2D eigenvalue weighted by atomic mass is 79.9. The van der Waals surface area contributed by atoms with Crippen molar-refractivity contribution < 1.29 is 17.9 Å². The lowest BCUT2D eigenvalue weighted by atomic mass is 10.3. The molecule has 3 N–H and O–H groups in total. The summed E-state index contributed by atoms with van der Waals surface area (Å²) in [6.45, 7) is 2.33. The Labute approximate surface area is 136 Å². The number of hydrogen-bond donors (Lipinski definition) is 3. The van der Waals surface area contributed by atoms with Crippen molar-refractivity contribution in [1.29, 1.82) is 0 Å². The number of amides is 1. The van der Waals surface area contributed by atoms with Gasteiger partial charge in [0.05, 0.1) is 11.5 Å². The molecule has 2 aromatic rings. The van der Waals surface area contributed by atoms with Gasteiger partial charge in [0, 0.05) is 10.7 Å². The van der Waals surface area contributed by atoms with E-state index in [-0.39, 0.29) is 10.6 Å². The molecule has 0 saturated heterocycles. The Kier molecular flexibility index (Phi) is 5.22. The van der Waals surface area contributed by atoms with Crippen LogP contribution in [0.2, 0.25) is 0 Å². The van der Waals surface area contributed by atoms with Crippen molar-refractivity contribution >= 4 is 31.9 Å². The number of aromatic amines is 1. The summed E-state index contributed by atoms with van der Waals surface area (Å²) in [6.07, 6.45) is 1.57. The summed E-state index contributed by atoms with van der Waals surface area (Å²) < 4.78 is 30.0. The number of hydrazine groups is 1. The lowest BCUT2D eigenvalue weighted by molar-refractivity contribution is 0.0940. The van der Waals surface area contributed by atoms with E-state index in [0.717, 1.165) is 0 Å². The predicted molar refractivity (Wildman–Crippen MR) is 83.9 cm³/mol. The van der Waals surface area contributed by atoms with Gasteiger partial charge >= 0.3 is 0 Å². The maximum atomic E-state index is 12.1. The molecule has 1 aromatic carbocycles. The van der Waals surface area contributed by atoms with Crippen molar-refractivity contribution in [2.45, 2.75) is 11.8 Å². The summed E-state index contributed by atoms with van der Waals surface area (Å²) in [4.78, 5) is 16.5. The third-order valence-corrected chi connectivity index (χ3v) is 4.36. The van der Waals surface area contributed by atoms with Gasteiger partial charge in [0.1, 0.15) is 11.4 Å². The minimum atomic E-state index is -3.85. The number of carbonyl (C=O) groups excluding carboxylic acids is 1. The van der Waals surface area contributed by atoms with Crippen LogP contribution in [0.4, 0.5) is 0 Å². The Morgan fingerprint density at radius 3 is 2.55 bits per heavy atom. The van der Waals surface area contributed by atoms with E-state index < -0.39 is 15.9 Å². The third-order valence-electron chi connectivity index (χ3n) is 2.64. The third kappa shape index (κ3) is 4.09. The number of rotatable bonds is 6. The fourth-order valence-electron chi connectivity index (χ4n) is 1.62. The van der Waals surface area contributed by atoms with Gasteiger partial charge in [-0.2, -0.15) is 0 Å². The van der Waals surface area contributed by atoms with Crippen LogP contribution < -0.4 is 15.0 Å². The predicted octanol–water partition coefficient (Wildman–Crippen LogP) is 1.80. The van der Waals surface area contributed by atoms with E-state index in [1.54, 1.807) is 18.3 Å². The van der Waals surface area contributed by atoms with Crippen LogP contribution in [0.3, 0.4) is 0 Å². The molecule has 2 rings (SSSR count). The molecule has 118 valence electrons. The first kappa shape index (κ1) is 16.5. The van der Waals surface area contributed by atoms with Crippen LogP contribution in [0.25, 0.3) is 0 Å². The van der Waals surface area contributed by atoms with Crippen molar-refractivity contribution in [2.24, 2.45) is 0 Å². The summed E-state index contributed by atoms with van der Waals surface area (Å²) in [5.74, 6) is -0.0260. The molecule has 22 heavy (non-hydrogen) atoms. The van der Waals surface area contributed by atoms with Crippen LogP contribution in [0, 0.1) is 0 Å². The van der Waals surface area contributed by atoms with Crippen molar-refractivity contribution in [1.82, 2.24) is 15.2 Å². The SMILES string of the molecule is CCOc1ccc(S(=O)(=O)NNC(=O)c2cc(Br)c[nH]2)cc1. The average molecular weight is 388 g/mol. The normalized spacial score (nSPS) is 11.2. The molecule has 1 heterocycles. The van der Waals surface area contributed by atoms with E-state index in [2.05, 4.69) is 26.3 Å². The van der Waals surface area contributed by atoms with E-state index in [1.165, 1.54) is 18.2 Å². The summed E-state index contributed by atoms with van der Waals surface area (Å²) in [7, 11) is -3.85. The molecule has 0 saturated carbocycles. The second-order valence-electron chi connectivity index (χ2n) is 4.20. The molecule has 0 aliphatic carbocycles. The Bertz CT molecular complexity index is 756. The van der Waals surface area contributed by atoms with Crippen LogP contribution in [0.1, 0.15) is 17.4 Å². The number of aromatic nitrogens is 1. The molecular formula is C13H14BrN3O4S. The number of hydrogen-bond acceptors (Lipinski definition) is 4. The number of carbonyl (C=O) groups is 1. The van der Waals surface area contributed by atoms with Gasteiger partial charge in [0.2, 0.25) is 0 Å². The highest BCUT2D eigenvalue weighted by molar-refractivity contribution is 9.10. The zero-order valence-electron chi connectivity index (χ0n) is 11.6. The molecule has 0 atom stereocenters. The molecule has 0 spiro atoms. The van der Waals surface area contributed by atoms with Gasteiger partial charge in [-0.05, 0) is 53.2 Å². The molecular weight excluding hydrogens is 374 g/mol. The minimum absolute atomic E-state index is 0.0175. The smallest absolute Gasteiger partial charge is 0.282 e.